The zero-order valence-corrected chi connectivity index (χ0v) is 18.2. The fraction of sp³-hybridized carbons (Fsp3) is 0.333. The first-order valence-corrected chi connectivity index (χ1v) is 10.9. The number of hydrogen-bond donors (Lipinski definition) is 2. The van der Waals surface area contributed by atoms with Gasteiger partial charge in [-0.1, -0.05) is 12.1 Å². The number of fused-ring (bicyclic) bond motifs is 2. The summed E-state index contributed by atoms with van der Waals surface area (Å²) in [4.78, 5) is 22.7. The van der Waals surface area contributed by atoms with Crippen LogP contribution in [0.4, 0.5) is 8.78 Å². The summed E-state index contributed by atoms with van der Waals surface area (Å²) in [6, 6.07) is 6.96. The molecule has 0 unspecified atom stereocenters. The van der Waals surface area contributed by atoms with E-state index in [1.165, 1.54) is 12.3 Å². The summed E-state index contributed by atoms with van der Waals surface area (Å²) in [6.07, 6.45) is 2.77. The van der Waals surface area contributed by atoms with E-state index in [0.29, 0.717) is 36.5 Å². The fourth-order valence-electron chi connectivity index (χ4n) is 4.52. The second-order valence-electron chi connectivity index (χ2n) is 8.40. The monoisotopic (exact) mass is 450 g/mol. The SMILES string of the molecule is CN/C=C(\C=N)c1nc2cccc(-c3nc(C4CC4)n4c3CN(C=O)CC4)c2cc1C(F)F. The second kappa shape index (κ2) is 8.38. The minimum Gasteiger partial charge on any atom is -0.393 e. The Labute approximate surface area is 189 Å². The third-order valence-electron chi connectivity index (χ3n) is 6.26. The lowest BCUT2D eigenvalue weighted by atomic mass is 9.99. The summed E-state index contributed by atoms with van der Waals surface area (Å²) in [5.41, 5.74) is 3.06. The summed E-state index contributed by atoms with van der Waals surface area (Å²) in [5.74, 6) is 1.43. The molecule has 2 N–H and O–H groups in total. The first kappa shape index (κ1) is 21.2. The lowest BCUT2D eigenvalue weighted by Crippen LogP contribution is -2.33. The highest BCUT2D eigenvalue weighted by Crippen LogP contribution is 2.43. The van der Waals surface area contributed by atoms with Crippen molar-refractivity contribution in [2.45, 2.75) is 38.3 Å². The van der Waals surface area contributed by atoms with Gasteiger partial charge in [0.25, 0.3) is 6.43 Å². The molecular weight excluding hydrogens is 426 g/mol. The number of amides is 1. The molecule has 5 rings (SSSR count). The molecule has 1 aliphatic heterocycles. The highest BCUT2D eigenvalue weighted by atomic mass is 19.3. The number of aromatic nitrogens is 3. The molecule has 2 aromatic heterocycles. The Bertz CT molecular complexity index is 1280. The number of nitrogens with one attached hydrogen (secondary N) is 2. The smallest absolute Gasteiger partial charge is 0.265 e. The van der Waals surface area contributed by atoms with Gasteiger partial charge in [-0.2, -0.15) is 0 Å². The molecule has 1 amide bonds. The largest absolute Gasteiger partial charge is 0.393 e. The number of carbonyl (C=O) groups is 1. The van der Waals surface area contributed by atoms with Crippen LogP contribution in [-0.2, 0) is 17.9 Å². The van der Waals surface area contributed by atoms with Crippen molar-refractivity contribution in [1.82, 2.24) is 24.8 Å². The maximum Gasteiger partial charge on any atom is 0.265 e. The third-order valence-corrected chi connectivity index (χ3v) is 6.26. The first-order chi connectivity index (χ1) is 16.0. The Morgan fingerprint density at radius 2 is 2.09 bits per heavy atom. The van der Waals surface area contributed by atoms with Gasteiger partial charge in [-0.05, 0) is 25.0 Å². The van der Waals surface area contributed by atoms with Crippen LogP contribution in [0.15, 0.2) is 30.5 Å². The van der Waals surface area contributed by atoms with E-state index in [0.717, 1.165) is 48.2 Å². The van der Waals surface area contributed by atoms with Crippen LogP contribution in [0.2, 0.25) is 0 Å². The van der Waals surface area contributed by atoms with E-state index in [1.54, 1.807) is 18.0 Å². The molecule has 0 saturated heterocycles. The van der Waals surface area contributed by atoms with Gasteiger partial charge in [-0.15, -0.1) is 0 Å². The lowest BCUT2D eigenvalue weighted by Gasteiger charge is -2.26. The fourth-order valence-corrected chi connectivity index (χ4v) is 4.52. The van der Waals surface area contributed by atoms with Crippen LogP contribution in [-0.4, -0.2) is 45.7 Å². The third kappa shape index (κ3) is 3.67. The molecule has 33 heavy (non-hydrogen) atoms. The Morgan fingerprint density at radius 1 is 1.27 bits per heavy atom. The minimum atomic E-state index is -2.76. The molecule has 0 bridgehead atoms. The van der Waals surface area contributed by atoms with Crippen LogP contribution >= 0.6 is 0 Å². The van der Waals surface area contributed by atoms with Crippen LogP contribution in [0, 0.1) is 5.41 Å². The first-order valence-electron chi connectivity index (χ1n) is 10.9. The number of alkyl halides is 2. The number of benzene rings is 1. The topological polar surface area (TPSA) is 86.9 Å². The van der Waals surface area contributed by atoms with Gasteiger partial charge < -0.3 is 20.2 Å². The van der Waals surface area contributed by atoms with Crippen molar-refractivity contribution < 1.29 is 13.6 Å². The summed E-state index contributed by atoms with van der Waals surface area (Å²) < 4.78 is 30.4. The van der Waals surface area contributed by atoms with Gasteiger partial charge in [-0.25, -0.2) is 18.7 Å². The molecular formula is C24H24F2N6O. The van der Waals surface area contributed by atoms with E-state index in [-0.39, 0.29) is 16.8 Å². The Hall–Kier alpha value is -3.62. The summed E-state index contributed by atoms with van der Waals surface area (Å²) in [5, 5.41) is 11.0. The van der Waals surface area contributed by atoms with Crippen LogP contribution in [0.5, 0.6) is 0 Å². The highest BCUT2D eigenvalue weighted by Gasteiger charge is 2.34. The Morgan fingerprint density at radius 3 is 2.76 bits per heavy atom. The number of pyridine rings is 1. The average Bonchev–Trinajstić information content (AvgIpc) is 3.61. The van der Waals surface area contributed by atoms with E-state index in [9.17, 15) is 13.6 Å². The van der Waals surface area contributed by atoms with Gasteiger partial charge in [0, 0.05) is 60.6 Å². The van der Waals surface area contributed by atoms with E-state index < -0.39 is 6.43 Å². The van der Waals surface area contributed by atoms with Gasteiger partial charge in [0.1, 0.15) is 5.82 Å². The van der Waals surface area contributed by atoms with Crippen LogP contribution in [0.3, 0.4) is 0 Å². The zero-order valence-electron chi connectivity index (χ0n) is 18.2. The van der Waals surface area contributed by atoms with Gasteiger partial charge in [-0.3, -0.25) is 4.79 Å². The maximum atomic E-state index is 14.1. The van der Waals surface area contributed by atoms with Gasteiger partial charge in [0.15, 0.2) is 0 Å². The van der Waals surface area contributed by atoms with Gasteiger partial charge >= 0.3 is 0 Å². The molecule has 170 valence electrons. The van der Waals surface area contributed by atoms with Gasteiger partial charge in [0.2, 0.25) is 6.41 Å². The molecule has 1 aliphatic carbocycles. The minimum absolute atomic E-state index is 0.0802. The van der Waals surface area contributed by atoms with Crippen molar-refractivity contribution in [3.8, 4) is 11.3 Å². The van der Waals surface area contributed by atoms with Crippen LogP contribution in [0.1, 0.15) is 48.0 Å². The highest BCUT2D eigenvalue weighted by molar-refractivity contribution is 6.09. The Kier molecular flexibility index (Phi) is 5.39. The van der Waals surface area contributed by atoms with Crippen molar-refractivity contribution in [2.75, 3.05) is 13.6 Å². The molecule has 1 saturated carbocycles. The maximum absolute atomic E-state index is 14.1. The summed E-state index contributed by atoms with van der Waals surface area (Å²) in [7, 11) is 1.65. The van der Waals surface area contributed by atoms with E-state index >= 15 is 0 Å². The lowest BCUT2D eigenvalue weighted by molar-refractivity contribution is -0.119. The zero-order chi connectivity index (χ0) is 23.1. The quantitative estimate of drug-likeness (QED) is 0.419. The number of hydrogen-bond acceptors (Lipinski definition) is 5. The predicted octanol–water partition coefficient (Wildman–Crippen LogP) is 4.10. The average molecular weight is 450 g/mol. The van der Waals surface area contributed by atoms with Crippen molar-refractivity contribution in [3.63, 3.8) is 0 Å². The van der Waals surface area contributed by atoms with Crippen molar-refractivity contribution in [3.05, 3.63) is 53.2 Å². The predicted molar refractivity (Wildman–Crippen MR) is 122 cm³/mol. The molecule has 1 aromatic carbocycles. The molecule has 2 aliphatic rings. The van der Waals surface area contributed by atoms with Crippen LogP contribution in [0.25, 0.3) is 27.7 Å². The Balaban J connectivity index is 1.73. The van der Waals surface area contributed by atoms with Crippen LogP contribution < -0.4 is 5.32 Å². The number of halogens is 2. The molecule has 3 aromatic rings. The van der Waals surface area contributed by atoms with Crippen molar-refractivity contribution in [2.24, 2.45) is 0 Å². The summed E-state index contributed by atoms with van der Waals surface area (Å²) in [6.45, 7) is 1.75. The molecule has 1 fully saturated rings. The number of imidazole rings is 1. The number of nitrogens with zero attached hydrogens (tertiary/aromatic N) is 4. The molecule has 0 radical (unpaired) electrons. The van der Waals surface area contributed by atoms with Crippen molar-refractivity contribution in [1.29, 1.82) is 5.41 Å². The molecule has 0 spiro atoms. The van der Waals surface area contributed by atoms with E-state index in [1.807, 2.05) is 12.1 Å². The van der Waals surface area contributed by atoms with Gasteiger partial charge in [0.05, 0.1) is 29.1 Å². The summed E-state index contributed by atoms with van der Waals surface area (Å²) >= 11 is 0. The van der Waals surface area contributed by atoms with E-state index in [2.05, 4.69) is 14.9 Å². The molecule has 0 atom stereocenters. The number of allylic oxidation sites excluding steroid dienone is 1. The number of carbonyl (C=O) groups excluding carboxylic acids is 1. The molecule has 9 heteroatoms. The molecule has 3 heterocycles. The second-order valence-corrected chi connectivity index (χ2v) is 8.40. The molecule has 7 nitrogen and oxygen atoms in total. The normalized spacial score (nSPS) is 16.2. The van der Waals surface area contributed by atoms with Crippen molar-refractivity contribution >= 4 is 29.1 Å². The number of rotatable bonds is 7. The van der Waals surface area contributed by atoms with E-state index in [4.69, 9.17) is 10.4 Å². The standard InChI is InChI=1S/C24H24F2N6O/c1-28-11-15(10-27)21-18(23(25)26)9-17-16(3-2-4-19(17)29-21)22-20-12-31(13-33)7-8-32(20)24(30-22)14-5-6-14/h2-4,9-11,13-14,23,27-28H,5-8,12H2,1H3/b15-11+,27-10?.